The summed E-state index contributed by atoms with van der Waals surface area (Å²) in [5.74, 6) is 1.77. The zero-order valence-corrected chi connectivity index (χ0v) is 19.6. The second-order valence-electron chi connectivity index (χ2n) is 9.43. The summed E-state index contributed by atoms with van der Waals surface area (Å²) in [5, 5.41) is 4.99. The van der Waals surface area contributed by atoms with E-state index in [4.69, 9.17) is 4.74 Å². The number of nitrogens with zero attached hydrogens (tertiary/aromatic N) is 2. The standard InChI is InChI=1S/C33H22N2O/c1-2-10-21-11-9-12-22(19-21)34-25-15-5-3-13-23(25)31-28(34)20-30-33-32(31)24-14-4-6-16-26(24)35(33)27-17-7-8-18-29(27)36-30/h2-9,11-20H,1,10H2. The van der Waals surface area contributed by atoms with Crippen molar-refractivity contribution in [1.29, 1.82) is 0 Å². The first-order valence-electron chi connectivity index (χ1n) is 12.3. The van der Waals surface area contributed by atoms with Crippen LogP contribution in [0.4, 0.5) is 0 Å². The number of aromatic nitrogens is 2. The second-order valence-corrected chi connectivity index (χ2v) is 9.43. The zero-order chi connectivity index (χ0) is 23.8. The number of para-hydroxylation sites is 4. The van der Waals surface area contributed by atoms with Gasteiger partial charge < -0.3 is 13.9 Å². The summed E-state index contributed by atoms with van der Waals surface area (Å²) >= 11 is 0. The van der Waals surface area contributed by atoms with Gasteiger partial charge in [-0.3, -0.25) is 0 Å². The van der Waals surface area contributed by atoms with Crippen LogP contribution in [0, 0.1) is 0 Å². The summed E-state index contributed by atoms with van der Waals surface area (Å²) < 4.78 is 11.3. The lowest BCUT2D eigenvalue weighted by molar-refractivity contribution is 0.477. The first-order valence-corrected chi connectivity index (χ1v) is 12.3. The highest BCUT2D eigenvalue weighted by Gasteiger charge is 2.27. The largest absolute Gasteiger partial charge is 0.453 e. The summed E-state index contributed by atoms with van der Waals surface area (Å²) in [5.41, 5.74) is 8.14. The predicted octanol–water partition coefficient (Wildman–Crippen LogP) is 8.72. The van der Waals surface area contributed by atoms with Gasteiger partial charge in [0.1, 0.15) is 0 Å². The van der Waals surface area contributed by atoms with Gasteiger partial charge in [-0.15, -0.1) is 6.58 Å². The van der Waals surface area contributed by atoms with E-state index in [0.29, 0.717) is 0 Å². The SMILES string of the molecule is C=CCc1cccc(-n2c3ccccc3c3c4c5ccccc5n5c4c(cc32)Oc2ccccc2-5)c1. The molecule has 0 unspecified atom stereocenters. The topological polar surface area (TPSA) is 19.1 Å². The van der Waals surface area contributed by atoms with Crippen molar-refractivity contribution >= 4 is 43.6 Å². The van der Waals surface area contributed by atoms with Crippen molar-refractivity contribution in [2.75, 3.05) is 0 Å². The van der Waals surface area contributed by atoms with Gasteiger partial charge in [-0.25, -0.2) is 0 Å². The van der Waals surface area contributed by atoms with Crippen molar-refractivity contribution in [1.82, 2.24) is 9.13 Å². The van der Waals surface area contributed by atoms with Crippen LogP contribution in [0.2, 0.25) is 0 Å². The molecule has 3 heteroatoms. The lowest BCUT2D eigenvalue weighted by atomic mass is 10.0. The van der Waals surface area contributed by atoms with Gasteiger partial charge in [-0.1, -0.05) is 66.7 Å². The highest BCUT2D eigenvalue weighted by atomic mass is 16.5. The van der Waals surface area contributed by atoms with E-state index in [0.717, 1.165) is 40.3 Å². The Morgan fingerprint density at radius 3 is 2.19 bits per heavy atom. The van der Waals surface area contributed by atoms with Crippen molar-refractivity contribution in [3.05, 3.63) is 121 Å². The van der Waals surface area contributed by atoms with E-state index in [-0.39, 0.29) is 0 Å². The van der Waals surface area contributed by atoms with Gasteiger partial charge in [0.15, 0.2) is 11.5 Å². The third-order valence-electron chi connectivity index (χ3n) is 7.41. The number of ether oxygens (including phenoxy) is 1. The Morgan fingerprint density at radius 1 is 0.639 bits per heavy atom. The lowest BCUT2D eigenvalue weighted by Crippen LogP contribution is -2.04. The van der Waals surface area contributed by atoms with Crippen LogP contribution in [-0.4, -0.2) is 9.13 Å². The van der Waals surface area contributed by atoms with E-state index in [1.54, 1.807) is 0 Å². The Kier molecular flexibility index (Phi) is 3.87. The summed E-state index contributed by atoms with van der Waals surface area (Å²) in [6.45, 7) is 3.94. The summed E-state index contributed by atoms with van der Waals surface area (Å²) in [4.78, 5) is 0. The maximum atomic E-state index is 6.59. The molecule has 0 atom stereocenters. The summed E-state index contributed by atoms with van der Waals surface area (Å²) in [6.07, 6.45) is 2.80. The van der Waals surface area contributed by atoms with Crippen molar-refractivity contribution in [3.8, 4) is 22.9 Å². The molecule has 36 heavy (non-hydrogen) atoms. The van der Waals surface area contributed by atoms with E-state index < -0.39 is 0 Å². The van der Waals surface area contributed by atoms with E-state index in [2.05, 4.69) is 113 Å². The molecule has 1 aliphatic heterocycles. The number of benzene rings is 5. The molecule has 0 radical (unpaired) electrons. The highest BCUT2D eigenvalue weighted by Crippen LogP contribution is 2.50. The van der Waals surface area contributed by atoms with E-state index in [1.807, 2.05) is 12.1 Å². The van der Waals surface area contributed by atoms with Crippen LogP contribution in [0.15, 0.2) is 116 Å². The Morgan fingerprint density at radius 2 is 1.36 bits per heavy atom. The number of rotatable bonds is 3. The number of allylic oxidation sites excluding steroid dienone is 1. The van der Waals surface area contributed by atoms with Gasteiger partial charge in [-0.2, -0.15) is 0 Å². The third-order valence-corrected chi connectivity index (χ3v) is 7.41. The van der Waals surface area contributed by atoms with Crippen LogP contribution in [0.5, 0.6) is 11.5 Å². The van der Waals surface area contributed by atoms with Gasteiger partial charge in [-0.05, 0) is 48.4 Å². The van der Waals surface area contributed by atoms with Crippen molar-refractivity contribution < 1.29 is 4.74 Å². The van der Waals surface area contributed by atoms with Crippen LogP contribution >= 0.6 is 0 Å². The molecule has 0 saturated heterocycles. The van der Waals surface area contributed by atoms with Crippen LogP contribution in [0.25, 0.3) is 55.0 Å². The average molecular weight is 463 g/mol. The van der Waals surface area contributed by atoms with Crippen molar-refractivity contribution in [2.45, 2.75) is 6.42 Å². The van der Waals surface area contributed by atoms with E-state index in [9.17, 15) is 0 Å². The minimum absolute atomic E-state index is 0.841. The Hall–Kier alpha value is -4.76. The second kappa shape index (κ2) is 7.12. The van der Waals surface area contributed by atoms with Gasteiger partial charge in [0, 0.05) is 33.3 Å². The molecule has 8 rings (SSSR count). The van der Waals surface area contributed by atoms with Gasteiger partial charge in [0.2, 0.25) is 0 Å². The van der Waals surface area contributed by atoms with Gasteiger partial charge >= 0.3 is 0 Å². The maximum Gasteiger partial charge on any atom is 0.154 e. The fraction of sp³-hybridized carbons (Fsp3) is 0.0303. The van der Waals surface area contributed by atoms with Crippen LogP contribution in [0.3, 0.4) is 0 Å². The fourth-order valence-electron chi connectivity index (χ4n) is 6.02. The molecule has 0 saturated carbocycles. The molecule has 3 nitrogen and oxygen atoms in total. The van der Waals surface area contributed by atoms with E-state index >= 15 is 0 Å². The smallest absolute Gasteiger partial charge is 0.154 e. The molecule has 0 N–H and O–H groups in total. The van der Waals surface area contributed by atoms with Gasteiger partial charge in [0.25, 0.3) is 0 Å². The van der Waals surface area contributed by atoms with E-state index in [1.165, 1.54) is 38.1 Å². The molecule has 0 bridgehead atoms. The maximum absolute atomic E-state index is 6.59. The van der Waals surface area contributed by atoms with Crippen molar-refractivity contribution in [3.63, 3.8) is 0 Å². The molecule has 0 fully saturated rings. The molecule has 7 aromatic rings. The minimum Gasteiger partial charge on any atom is -0.453 e. The van der Waals surface area contributed by atoms with Gasteiger partial charge in [0.05, 0.1) is 27.8 Å². The van der Waals surface area contributed by atoms with Crippen LogP contribution < -0.4 is 4.74 Å². The molecule has 5 aromatic carbocycles. The fourth-order valence-corrected chi connectivity index (χ4v) is 6.02. The summed E-state index contributed by atoms with van der Waals surface area (Å²) in [7, 11) is 0. The zero-order valence-electron chi connectivity index (χ0n) is 19.6. The molecular formula is C33H22N2O. The number of fused-ring (bicyclic) bond motifs is 9. The molecule has 0 spiro atoms. The molecule has 3 heterocycles. The molecular weight excluding hydrogens is 440 g/mol. The number of hydrogen-bond acceptors (Lipinski definition) is 1. The summed E-state index contributed by atoms with van der Waals surface area (Å²) in [6, 6.07) is 36.7. The first-order chi connectivity index (χ1) is 17.8. The molecule has 170 valence electrons. The normalized spacial score (nSPS) is 12.3. The van der Waals surface area contributed by atoms with Crippen molar-refractivity contribution in [2.24, 2.45) is 0 Å². The Balaban J connectivity index is 1.61. The predicted molar refractivity (Wildman–Crippen MR) is 149 cm³/mol. The minimum atomic E-state index is 0.841. The third kappa shape index (κ3) is 2.47. The number of hydrogen-bond donors (Lipinski definition) is 0. The molecule has 0 amide bonds. The van der Waals surface area contributed by atoms with Crippen LogP contribution in [0.1, 0.15) is 5.56 Å². The molecule has 1 aliphatic rings. The van der Waals surface area contributed by atoms with Crippen LogP contribution in [-0.2, 0) is 6.42 Å². The first kappa shape index (κ1) is 19.5. The Bertz CT molecular complexity index is 2020. The average Bonchev–Trinajstić information content (AvgIpc) is 3.43. The highest BCUT2D eigenvalue weighted by molar-refractivity contribution is 6.30. The monoisotopic (exact) mass is 462 g/mol. The Labute approximate surface area is 208 Å². The lowest BCUT2D eigenvalue weighted by Gasteiger charge is -2.21. The molecule has 0 aliphatic carbocycles. The quantitative estimate of drug-likeness (QED) is 0.240. The molecule has 2 aromatic heterocycles.